The van der Waals surface area contributed by atoms with E-state index in [9.17, 15) is 9.90 Å². The highest BCUT2D eigenvalue weighted by Gasteiger charge is 2.21. The number of rotatable bonds is 5. The zero-order valence-electron chi connectivity index (χ0n) is 17.0. The van der Waals surface area contributed by atoms with Crippen LogP contribution in [-0.2, 0) is 17.8 Å². The van der Waals surface area contributed by atoms with Gasteiger partial charge in [-0.25, -0.2) is 4.79 Å². The number of aliphatic carboxylic acids is 1. The van der Waals surface area contributed by atoms with Crippen molar-refractivity contribution in [3.63, 3.8) is 0 Å². The van der Waals surface area contributed by atoms with Gasteiger partial charge in [-0.1, -0.05) is 66.7 Å². The molecule has 4 aromatic rings. The van der Waals surface area contributed by atoms with Gasteiger partial charge in [0.2, 0.25) is 0 Å². The molecule has 0 aliphatic heterocycles. The maximum Gasteiger partial charge on any atom is 0.328 e. The van der Waals surface area contributed by atoms with Crippen LogP contribution in [0.4, 0.5) is 0 Å². The second-order valence-electron chi connectivity index (χ2n) is 7.85. The molecular weight excluding hydrogens is 384 g/mol. The zero-order valence-corrected chi connectivity index (χ0v) is 17.0. The van der Waals surface area contributed by atoms with Crippen molar-refractivity contribution < 1.29 is 14.6 Å². The average Bonchev–Trinajstić information content (AvgIpc) is 3.18. The van der Waals surface area contributed by atoms with Gasteiger partial charge < -0.3 is 9.84 Å². The molecular formula is C28H22O3. The van der Waals surface area contributed by atoms with Gasteiger partial charge >= 0.3 is 5.97 Å². The van der Waals surface area contributed by atoms with Crippen molar-refractivity contribution >= 4 is 22.3 Å². The molecule has 0 saturated carbocycles. The van der Waals surface area contributed by atoms with Gasteiger partial charge in [0.25, 0.3) is 0 Å². The predicted molar refractivity (Wildman–Crippen MR) is 124 cm³/mol. The van der Waals surface area contributed by atoms with E-state index in [4.69, 9.17) is 4.74 Å². The molecule has 0 amide bonds. The monoisotopic (exact) mass is 406 g/mol. The second-order valence-corrected chi connectivity index (χ2v) is 7.85. The van der Waals surface area contributed by atoms with Crippen molar-refractivity contribution in [2.45, 2.75) is 19.4 Å². The Bertz CT molecular complexity index is 1300. The van der Waals surface area contributed by atoms with Gasteiger partial charge in [0.05, 0.1) is 0 Å². The maximum atomic E-state index is 11.3. The summed E-state index contributed by atoms with van der Waals surface area (Å²) in [6.07, 6.45) is 2.90. The molecule has 0 fully saturated rings. The highest BCUT2D eigenvalue weighted by molar-refractivity contribution is 5.94. The van der Waals surface area contributed by atoms with Crippen LogP contribution in [0.25, 0.3) is 27.5 Å². The summed E-state index contributed by atoms with van der Waals surface area (Å²) in [5, 5.41) is 11.6. The van der Waals surface area contributed by atoms with Crippen LogP contribution < -0.4 is 4.74 Å². The SMILES string of the molecule is O=C(O)C=C1CCc2cc(OCc3ccccc3)c(-c3ccc4ccccc4c3)cc21. The number of benzene rings is 4. The van der Waals surface area contributed by atoms with Crippen molar-refractivity contribution in [1.29, 1.82) is 0 Å². The Labute approximate surface area is 181 Å². The number of carbonyl (C=O) groups is 1. The molecule has 1 N–H and O–H groups in total. The smallest absolute Gasteiger partial charge is 0.328 e. The van der Waals surface area contributed by atoms with E-state index in [0.29, 0.717) is 6.61 Å². The van der Waals surface area contributed by atoms with E-state index in [1.165, 1.54) is 11.5 Å². The van der Waals surface area contributed by atoms with Gasteiger partial charge in [-0.15, -0.1) is 0 Å². The van der Waals surface area contributed by atoms with Gasteiger partial charge in [-0.3, -0.25) is 0 Å². The van der Waals surface area contributed by atoms with Gasteiger partial charge in [0, 0.05) is 11.6 Å². The summed E-state index contributed by atoms with van der Waals surface area (Å²) >= 11 is 0. The second kappa shape index (κ2) is 8.11. The summed E-state index contributed by atoms with van der Waals surface area (Å²) in [4.78, 5) is 11.3. The van der Waals surface area contributed by atoms with Crippen molar-refractivity contribution in [3.05, 3.63) is 108 Å². The quantitative estimate of drug-likeness (QED) is 0.385. The summed E-state index contributed by atoms with van der Waals surface area (Å²) in [6, 6.07) is 29.0. The Morgan fingerprint density at radius 1 is 0.839 bits per heavy atom. The topological polar surface area (TPSA) is 46.5 Å². The fourth-order valence-electron chi connectivity index (χ4n) is 4.27. The molecule has 1 aliphatic carbocycles. The standard InChI is InChI=1S/C28H22O3/c29-28(30)16-24-13-12-23-15-27(31-18-19-6-2-1-3-7-19)26(17-25(23)24)22-11-10-20-8-4-5-9-21(20)14-22/h1-11,14-17H,12-13,18H2,(H,29,30). The Kier molecular flexibility index (Phi) is 5.01. The maximum absolute atomic E-state index is 11.3. The van der Waals surface area contributed by atoms with Crippen LogP contribution in [0.5, 0.6) is 5.75 Å². The molecule has 3 heteroatoms. The molecule has 152 valence electrons. The molecule has 31 heavy (non-hydrogen) atoms. The van der Waals surface area contributed by atoms with Gasteiger partial charge in [0.1, 0.15) is 12.4 Å². The highest BCUT2D eigenvalue weighted by atomic mass is 16.5. The van der Waals surface area contributed by atoms with Gasteiger partial charge in [-0.2, -0.15) is 0 Å². The van der Waals surface area contributed by atoms with Crippen LogP contribution in [0.15, 0.2) is 91.0 Å². The fraction of sp³-hybridized carbons (Fsp3) is 0.107. The zero-order chi connectivity index (χ0) is 21.2. The molecule has 0 unspecified atom stereocenters. The molecule has 3 nitrogen and oxygen atoms in total. The van der Waals surface area contributed by atoms with Crippen LogP contribution in [0.3, 0.4) is 0 Å². The van der Waals surface area contributed by atoms with E-state index in [2.05, 4.69) is 54.6 Å². The van der Waals surface area contributed by atoms with Crippen LogP contribution in [0.1, 0.15) is 23.1 Å². The number of ether oxygens (including phenoxy) is 1. The number of carboxylic acid groups (broad SMARTS) is 1. The molecule has 4 aromatic carbocycles. The minimum Gasteiger partial charge on any atom is -0.488 e. The fourth-order valence-corrected chi connectivity index (χ4v) is 4.27. The minimum atomic E-state index is -0.903. The lowest BCUT2D eigenvalue weighted by Gasteiger charge is -2.15. The lowest BCUT2D eigenvalue weighted by Crippen LogP contribution is -1.99. The first-order chi connectivity index (χ1) is 15.2. The van der Waals surface area contributed by atoms with E-state index in [1.54, 1.807) is 0 Å². The Hall–Kier alpha value is -3.85. The highest BCUT2D eigenvalue weighted by Crippen LogP contribution is 2.41. The third-order valence-corrected chi connectivity index (χ3v) is 5.81. The molecule has 0 atom stereocenters. The number of allylic oxidation sites excluding steroid dienone is 1. The molecule has 0 bridgehead atoms. The van der Waals surface area contributed by atoms with E-state index in [1.807, 2.05) is 30.3 Å². The minimum absolute atomic E-state index is 0.484. The largest absolute Gasteiger partial charge is 0.488 e. The van der Waals surface area contributed by atoms with Crippen molar-refractivity contribution in [3.8, 4) is 16.9 Å². The number of aryl methyl sites for hydroxylation is 1. The third kappa shape index (κ3) is 3.95. The van der Waals surface area contributed by atoms with E-state index < -0.39 is 5.97 Å². The van der Waals surface area contributed by atoms with Gasteiger partial charge in [-0.05, 0) is 69.6 Å². The Balaban J connectivity index is 1.61. The van der Waals surface area contributed by atoms with E-state index in [0.717, 1.165) is 57.4 Å². The van der Waals surface area contributed by atoms with Crippen molar-refractivity contribution in [1.82, 2.24) is 0 Å². The third-order valence-electron chi connectivity index (χ3n) is 5.81. The molecule has 5 rings (SSSR count). The normalized spacial score (nSPS) is 14.0. The molecule has 0 heterocycles. The molecule has 1 aliphatic rings. The summed E-state index contributed by atoms with van der Waals surface area (Å²) < 4.78 is 6.30. The van der Waals surface area contributed by atoms with Crippen LogP contribution in [0, 0.1) is 0 Å². The molecule has 0 aromatic heterocycles. The van der Waals surface area contributed by atoms with E-state index >= 15 is 0 Å². The molecule has 0 saturated heterocycles. The Morgan fingerprint density at radius 3 is 2.42 bits per heavy atom. The number of hydrogen-bond donors (Lipinski definition) is 1. The first kappa shape index (κ1) is 19.1. The first-order valence-corrected chi connectivity index (χ1v) is 10.4. The van der Waals surface area contributed by atoms with E-state index in [-0.39, 0.29) is 0 Å². The summed E-state index contributed by atoms with van der Waals surface area (Å²) in [5.74, 6) is -0.0750. The summed E-state index contributed by atoms with van der Waals surface area (Å²) in [5.41, 5.74) is 6.18. The lowest BCUT2D eigenvalue weighted by atomic mass is 9.96. The van der Waals surface area contributed by atoms with Crippen molar-refractivity contribution in [2.24, 2.45) is 0 Å². The summed E-state index contributed by atoms with van der Waals surface area (Å²) in [6.45, 7) is 0.484. The average molecular weight is 406 g/mol. The van der Waals surface area contributed by atoms with Crippen LogP contribution in [-0.4, -0.2) is 11.1 Å². The number of carboxylic acids is 1. The van der Waals surface area contributed by atoms with Gasteiger partial charge in [0.15, 0.2) is 0 Å². The Morgan fingerprint density at radius 2 is 1.61 bits per heavy atom. The first-order valence-electron chi connectivity index (χ1n) is 10.4. The molecule has 0 radical (unpaired) electrons. The predicted octanol–water partition coefficient (Wildman–Crippen LogP) is 6.50. The number of hydrogen-bond acceptors (Lipinski definition) is 2. The number of fused-ring (bicyclic) bond motifs is 2. The lowest BCUT2D eigenvalue weighted by molar-refractivity contribution is -0.131. The van der Waals surface area contributed by atoms with Crippen LogP contribution in [0.2, 0.25) is 0 Å². The summed E-state index contributed by atoms with van der Waals surface area (Å²) in [7, 11) is 0. The van der Waals surface area contributed by atoms with Crippen LogP contribution >= 0.6 is 0 Å². The van der Waals surface area contributed by atoms with Crippen molar-refractivity contribution in [2.75, 3.05) is 0 Å². The molecule has 0 spiro atoms.